The van der Waals surface area contributed by atoms with Crippen LogP contribution in [-0.4, -0.2) is 34.2 Å². The molecule has 0 aliphatic carbocycles. The Hall–Kier alpha value is -2.70. The van der Waals surface area contributed by atoms with Crippen molar-refractivity contribution >= 4 is 34.0 Å². The number of hydrogen-bond acceptors (Lipinski definition) is 4. The van der Waals surface area contributed by atoms with Crippen molar-refractivity contribution in [2.45, 2.75) is 13.6 Å². The predicted molar refractivity (Wildman–Crippen MR) is 103 cm³/mol. The lowest BCUT2D eigenvalue weighted by Gasteiger charge is -2.18. The zero-order valence-corrected chi connectivity index (χ0v) is 15.3. The molecule has 3 rings (SSSR count). The molecule has 1 N–H and O–H groups in total. The molecule has 0 atom stereocenters. The highest BCUT2D eigenvalue weighted by Gasteiger charge is 2.11. The summed E-state index contributed by atoms with van der Waals surface area (Å²) < 4.78 is 1.38. The van der Waals surface area contributed by atoms with E-state index in [1.807, 2.05) is 25.1 Å². The maximum Gasteiger partial charge on any atom is 0.275 e. The van der Waals surface area contributed by atoms with E-state index < -0.39 is 0 Å². The van der Waals surface area contributed by atoms with E-state index in [-0.39, 0.29) is 24.7 Å². The maximum atomic E-state index is 12.6. The van der Waals surface area contributed by atoms with E-state index in [1.165, 1.54) is 4.68 Å². The van der Waals surface area contributed by atoms with E-state index in [0.717, 1.165) is 11.1 Å². The minimum absolute atomic E-state index is 0.128. The van der Waals surface area contributed by atoms with Crippen LogP contribution in [0.5, 0.6) is 0 Å². The highest BCUT2D eigenvalue weighted by Crippen LogP contribution is 2.14. The number of aryl methyl sites for hydroxylation is 1. The van der Waals surface area contributed by atoms with Crippen LogP contribution in [0, 0.1) is 6.92 Å². The smallest absolute Gasteiger partial charge is 0.275 e. The molecule has 0 fully saturated rings. The molecular formula is C19H19ClN4O2. The summed E-state index contributed by atoms with van der Waals surface area (Å²) in [5.74, 6) is -0.180. The molecule has 0 unspecified atom stereocenters. The number of rotatable bonds is 5. The normalized spacial score (nSPS) is 11.1. The highest BCUT2D eigenvalue weighted by molar-refractivity contribution is 6.30. The summed E-state index contributed by atoms with van der Waals surface area (Å²) in [6.45, 7) is 2.21. The van der Waals surface area contributed by atoms with Gasteiger partial charge in [-0.3, -0.25) is 14.5 Å². The van der Waals surface area contributed by atoms with E-state index >= 15 is 0 Å². The molecule has 0 saturated heterocycles. The fourth-order valence-corrected chi connectivity index (χ4v) is 2.88. The Morgan fingerprint density at radius 2 is 1.81 bits per heavy atom. The zero-order chi connectivity index (χ0) is 18.7. The lowest BCUT2D eigenvalue weighted by molar-refractivity contribution is -0.117. The van der Waals surface area contributed by atoms with E-state index in [0.29, 0.717) is 16.1 Å². The molecular weight excluding hydrogens is 352 g/mol. The minimum Gasteiger partial charge on any atom is -0.325 e. The number of hydrogen-bond donors (Lipinski definition) is 1. The topological polar surface area (TPSA) is 67.2 Å². The summed E-state index contributed by atoms with van der Waals surface area (Å²) in [5.41, 5.74) is 1.28. The third-order valence-electron chi connectivity index (χ3n) is 3.97. The molecule has 7 heteroatoms. The van der Waals surface area contributed by atoms with Gasteiger partial charge < -0.3 is 5.32 Å². The second-order valence-electron chi connectivity index (χ2n) is 6.15. The Labute approximate surface area is 156 Å². The van der Waals surface area contributed by atoms with Crippen LogP contribution in [0.25, 0.3) is 10.8 Å². The Bertz CT molecular complexity index is 999. The number of anilines is 1. The fraction of sp³-hybridized carbons (Fsp3) is 0.211. The number of likely N-dealkylation sites (N-methyl/N-ethyl adjacent to an activating group) is 1. The van der Waals surface area contributed by atoms with Gasteiger partial charge in [-0.15, -0.1) is 0 Å². The number of nitrogens with one attached hydrogen (secondary N) is 1. The number of halogens is 1. The van der Waals surface area contributed by atoms with Gasteiger partial charge in [0.2, 0.25) is 5.91 Å². The average Bonchev–Trinajstić information content (AvgIpc) is 2.61. The molecule has 0 spiro atoms. The molecule has 1 heterocycles. The molecule has 6 nitrogen and oxygen atoms in total. The van der Waals surface area contributed by atoms with Crippen LogP contribution in [0.4, 0.5) is 5.69 Å². The fourth-order valence-electron chi connectivity index (χ4n) is 2.76. The van der Waals surface area contributed by atoms with Crippen LogP contribution in [0.1, 0.15) is 5.69 Å². The van der Waals surface area contributed by atoms with Crippen LogP contribution < -0.4 is 10.9 Å². The molecule has 0 bridgehead atoms. The molecule has 3 aromatic rings. The number of aromatic nitrogens is 2. The zero-order valence-electron chi connectivity index (χ0n) is 14.6. The van der Waals surface area contributed by atoms with Crippen LogP contribution in [0.15, 0.2) is 53.3 Å². The van der Waals surface area contributed by atoms with Gasteiger partial charge in [-0.1, -0.05) is 29.8 Å². The van der Waals surface area contributed by atoms with Crippen molar-refractivity contribution in [3.05, 3.63) is 69.6 Å². The molecule has 1 aromatic heterocycles. The quantitative estimate of drug-likeness (QED) is 0.750. The molecule has 0 radical (unpaired) electrons. The van der Waals surface area contributed by atoms with Gasteiger partial charge in [0, 0.05) is 16.1 Å². The minimum atomic E-state index is -0.180. The largest absolute Gasteiger partial charge is 0.325 e. The molecule has 0 aliphatic heterocycles. The number of nitrogens with zero attached hydrogens (tertiary/aromatic N) is 3. The first-order valence-electron chi connectivity index (χ1n) is 8.14. The van der Waals surface area contributed by atoms with Gasteiger partial charge >= 0.3 is 0 Å². The molecule has 2 aromatic carbocycles. The molecule has 26 heavy (non-hydrogen) atoms. The lowest BCUT2D eigenvalue weighted by atomic mass is 10.1. The summed E-state index contributed by atoms with van der Waals surface area (Å²) in [5, 5.41) is 9.23. The summed E-state index contributed by atoms with van der Waals surface area (Å²) >= 11 is 5.83. The number of fused-ring (bicyclic) bond motifs is 1. The third-order valence-corrected chi connectivity index (χ3v) is 4.22. The third kappa shape index (κ3) is 4.09. The predicted octanol–water partition coefficient (Wildman–Crippen LogP) is 2.89. The van der Waals surface area contributed by atoms with Crippen molar-refractivity contribution in [3.63, 3.8) is 0 Å². The second-order valence-corrected chi connectivity index (χ2v) is 6.58. The monoisotopic (exact) mass is 370 g/mol. The van der Waals surface area contributed by atoms with Crippen LogP contribution >= 0.6 is 11.6 Å². The van der Waals surface area contributed by atoms with E-state index in [2.05, 4.69) is 10.4 Å². The Balaban J connectivity index is 1.70. The first-order valence-corrected chi connectivity index (χ1v) is 8.52. The van der Waals surface area contributed by atoms with Crippen molar-refractivity contribution in [2.24, 2.45) is 0 Å². The van der Waals surface area contributed by atoms with Gasteiger partial charge in [0.05, 0.1) is 24.3 Å². The molecule has 0 aliphatic rings. The van der Waals surface area contributed by atoms with Crippen LogP contribution in [0.3, 0.4) is 0 Å². The number of amides is 1. The maximum absolute atomic E-state index is 12.6. The van der Waals surface area contributed by atoms with Crippen molar-refractivity contribution in [1.29, 1.82) is 0 Å². The Morgan fingerprint density at radius 1 is 1.15 bits per heavy atom. The van der Waals surface area contributed by atoms with Crippen LogP contribution in [-0.2, 0) is 11.5 Å². The van der Waals surface area contributed by atoms with Crippen molar-refractivity contribution in [1.82, 2.24) is 14.7 Å². The first kappa shape index (κ1) is 18.1. The Morgan fingerprint density at radius 3 is 2.50 bits per heavy atom. The van der Waals surface area contributed by atoms with Gasteiger partial charge in [-0.25, -0.2) is 4.68 Å². The van der Waals surface area contributed by atoms with Crippen molar-refractivity contribution in [3.8, 4) is 0 Å². The van der Waals surface area contributed by atoms with Crippen LogP contribution in [0.2, 0.25) is 5.02 Å². The SMILES string of the molecule is Cc1nn(CN(C)CC(=O)Nc2ccc(Cl)cc2)c(=O)c2ccccc12. The number of benzene rings is 2. The van der Waals surface area contributed by atoms with E-state index in [9.17, 15) is 9.59 Å². The second kappa shape index (κ2) is 7.68. The summed E-state index contributed by atoms with van der Waals surface area (Å²) in [6, 6.07) is 14.3. The number of carbonyl (C=O) groups is 1. The summed E-state index contributed by atoms with van der Waals surface area (Å²) in [4.78, 5) is 26.5. The van der Waals surface area contributed by atoms with Crippen molar-refractivity contribution in [2.75, 3.05) is 18.9 Å². The van der Waals surface area contributed by atoms with Crippen molar-refractivity contribution < 1.29 is 4.79 Å². The number of carbonyl (C=O) groups excluding carboxylic acids is 1. The average molecular weight is 371 g/mol. The highest BCUT2D eigenvalue weighted by atomic mass is 35.5. The molecule has 0 saturated carbocycles. The van der Waals surface area contributed by atoms with Gasteiger partial charge in [0.1, 0.15) is 0 Å². The molecule has 1 amide bonds. The van der Waals surface area contributed by atoms with Gasteiger partial charge in [0.15, 0.2) is 0 Å². The summed E-state index contributed by atoms with van der Waals surface area (Å²) in [6.07, 6.45) is 0. The lowest BCUT2D eigenvalue weighted by Crippen LogP contribution is -2.36. The van der Waals surface area contributed by atoms with Gasteiger partial charge in [0.25, 0.3) is 5.56 Å². The summed E-state index contributed by atoms with van der Waals surface area (Å²) in [7, 11) is 1.76. The Kier molecular flexibility index (Phi) is 5.35. The standard InChI is InChI=1S/C19H19ClN4O2/c1-13-16-5-3-4-6-17(16)19(26)24(22-13)12-23(2)11-18(25)21-15-9-7-14(20)8-10-15/h3-10H,11-12H2,1-2H3,(H,21,25). The van der Waals surface area contributed by atoms with Gasteiger partial charge in [-0.05, 0) is 44.3 Å². The first-order chi connectivity index (χ1) is 12.4. The van der Waals surface area contributed by atoms with E-state index in [1.54, 1.807) is 42.3 Å². The molecule has 134 valence electrons. The van der Waals surface area contributed by atoms with Gasteiger partial charge in [-0.2, -0.15) is 5.10 Å². The van der Waals surface area contributed by atoms with E-state index in [4.69, 9.17) is 11.6 Å².